The topological polar surface area (TPSA) is 58.3 Å². The molecule has 4 heteroatoms. The van der Waals surface area contributed by atoms with Gasteiger partial charge in [0.2, 0.25) is 0 Å². The summed E-state index contributed by atoms with van der Waals surface area (Å²) in [6.07, 6.45) is 0. The fraction of sp³-hybridized carbons (Fsp3) is 0.333. The summed E-state index contributed by atoms with van der Waals surface area (Å²) in [5, 5.41) is 12.4. The monoisotopic (exact) mass is 200 g/mol. The van der Waals surface area contributed by atoms with Gasteiger partial charge in [0, 0.05) is 23.3 Å². The molecule has 0 fully saturated rings. The van der Waals surface area contributed by atoms with Crippen LogP contribution >= 0.6 is 11.6 Å². The summed E-state index contributed by atoms with van der Waals surface area (Å²) in [7, 11) is 0. The molecular weight excluding hydrogens is 188 g/mol. The lowest BCUT2D eigenvalue weighted by atomic mass is 10.3. The molecule has 72 valence electrons. The van der Waals surface area contributed by atoms with Gasteiger partial charge in [0.15, 0.2) is 0 Å². The molecule has 0 amide bonds. The highest BCUT2D eigenvalue weighted by molar-refractivity contribution is 6.30. The molecule has 1 rings (SSSR count). The average molecular weight is 201 g/mol. The molecule has 0 aliphatic heterocycles. The molecule has 0 heterocycles. The number of halogens is 1. The number of benzene rings is 1. The highest BCUT2D eigenvalue weighted by Gasteiger charge is 1.99. The third kappa shape index (κ3) is 3.63. The molecule has 1 unspecified atom stereocenters. The number of anilines is 1. The van der Waals surface area contributed by atoms with Gasteiger partial charge in [-0.05, 0) is 18.2 Å². The SMILES string of the molecule is NC(CO)CNc1cccc(Cl)c1. The minimum atomic E-state index is -0.237. The zero-order valence-electron chi connectivity index (χ0n) is 7.20. The van der Waals surface area contributed by atoms with Crippen LogP contribution in [0.2, 0.25) is 5.02 Å². The molecule has 0 aliphatic rings. The summed E-state index contributed by atoms with van der Waals surface area (Å²) in [4.78, 5) is 0. The van der Waals surface area contributed by atoms with Crippen molar-refractivity contribution in [1.29, 1.82) is 0 Å². The Morgan fingerprint density at radius 3 is 2.92 bits per heavy atom. The lowest BCUT2D eigenvalue weighted by Gasteiger charge is -2.10. The molecule has 4 N–H and O–H groups in total. The van der Waals surface area contributed by atoms with E-state index in [1.165, 1.54) is 0 Å². The van der Waals surface area contributed by atoms with E-state index in [0.29, 0.717) is 11.6 Å². The van der Waals surface area contributed by atoms with Crippen LogP contribution in [0.5, 0.6) is 0 Å². The van der Waals surface area contributed by atoms with E-state index in [-0.39, 0.29) is 12.6 Å². The van der Waals surface area contributed by atoms with Gasteiger partial charge in [0.25, 0.3) is 0 Å². The van der Waals surface area contributed by atoms with Crippen LogP contribution < -0.4 is 11.1 Å². The van der Waals surface area contributed by atoms with Crippen LogP contribution in [0.4, 0.5) is 5.69 Å². The van der Waals surface area contributed by atoms with E-state index in [9.17, 15) is 0 Å². The zero-order chi connectivity index (χ0) is 9.68. The third-order valence-corrected chi connectivity index (χ3v) is 1.86. The molecule has 0 aliphatic carbocycles. The highest BCUT2D eigenvalue weighted by Crippen LogP contribution is 2.14. The van der Waals surface area contributed by atoms with E-state index in [2.05, 4.69) is 5.32 Å². The van der Waals surface area contributed by atoms with Crippen molar-refractivity contribution in [2.45, 2.75) is 6.04 Å². The van der Waals surface area contributed by atoms with Gasteiger partial charge in [-0.1, -0.05) is 17.7 Å². The summed E-state index contributed by atoms with van der Waals surface area (Å²) >= 11 is 5.77. The van der Waals surface area contributed by atoms with Crippen LogP contribution in [-0.2, 0) is 0 Å². The van der Waals surface area contributed by atoms with Crippen molar-refractivity contribution in [2.24, 2.45) is 5.73 Å². The summed E-state index contributed by atoms with van der Waals surface area (Å²) in [6.45, 7) is 0.518. The quantitative estimate of drug-likeness (QED) is 0.682. The van der Waals surface area contributed by atoms with Crippen LogP contribution in [0.15, 0.2) is 24.3 Å². The van der Waals surface area contributed by atoms with Crippen LogP contribution in [0, 0.1) is 0 Å². The van der Waals surface area contributed by atoms with Crippen molar-refractivity contribution in [3.63, 3.8) is 0 Å². The molecule has 1 atom stereocenters. The smallest absolute Gasteiger partial charge is 0.0599 e. The lowest BCUT2D eigenvalue weighted by molar-refractivity contribution is 0.270. The number of aliphatic hydroxyl groups excluding tert-OH is 1. The highest BCUT2D eigenvalue weighted by atomic mass is 35.5. The molecule has 0 saturated carbocycles. The van der Waals surface area contributed by atoms with Gasteiger partial charge < -0.3 is 16.2 Å². The van der Waals surface area contributed by atoms with Gasteiger partial charge in [0.1, 0.15) is 0 Å². The van der Waals surface area contributed by atoms with Gasteiger partial charge in [-0.2, -0.15) is 0 Å². The number of aliphatic hydroxyl groups is 1. The first-order valence-corrected chi connectivity index (χ1v) is 4.46. The Bertz CT molecular complexity index is 268. The molecule has 3 nitrogen and oxygen atoms in total. The van der Waals surface area contributed by atoms with Crippen molar-refractivity contribution < 1.29 is 5.11 Å². The van der Waals surface area contributed by atoms with Crippen LogP contribution in [0.3, 0.4) is 0 Å². The van der Waals surface area contributed by atoms with Crippen molar-refractivity contribution in [1.82, 2.24) is 0 Å². The number of nitrogens with two attached hydrogens (primary N) is 1. The largest absolute Gasteiger partial charge is 0.395 e. The number of rotatable bonds is 4. The fourth-order valence-corrected chi connectivity index (χ4v) is 1.10. The Kier molecular flexibility index (Phi) is 4.02. The summed E-state index contributed by atoms with van der Waals surface area (Å²) in [6, 6.07) is 7.13. The first-order chi connectivity index (χ1) is 6.22. The van der Waals surface area contributed by atoms with Crippen LogP contribution in [0.25, 0.3) is 0 Å². The van der Waals surface area contributed by atoms with Crippen molar-refractivity contribution >= 4 is 17.3 Å². The van der Waals surface area contributed by atoms with Crippen LogP contribution in [0.1, 0.15) is 0 Å². The Balaban J connectivity index is 2.45. The molecular formula is C9H13ClN2O. The molecule has 0 aromatic heterocycles. The van der Waals surface area contributed by atoms with E-state index in [0.717, 1.165) is 5.69 Å². The van der Waals surface area contributed by atoms with Crippen LogP contribution in [-0.4, -0.2) is 24.3 Å². The molecule has 1 aromatic carbocycles. The minimum Gasteiger partial charge on any atom is -0.395 e. The second kappa shape index (κ2) is 5.07. The minimum absolute atomic E-state index is 0.0203. The van der Waals surface area contributed by atoms with E-state index < -0.39 is 0 Å². The van der Waals surface area contributed by atoms with E-state index in [4.69, 9.17) is 22.4 Å². The summed E-state index contributed by atoms with van der Waals surface area (Å²) in [5.74, 6) is 0. The van der Waals surface area contributed by atoms with Gasteiger partial charge >= 0.3 is 0 Å². The van der Waals surface area contributed by atoms with Gasteiger partial charge in [-0.3, -0.25) is 0 Å². The van der Waals surface area contributed by atoms with E-state index in [1.807, 2.05) is 18.2 Å². The Morgan fingerprint density at radius 2 is 2.31 bits per heavy atom. The molecule has 0 saturated heterocycles. The first kappa shape index (κ1) is 10.3. The number of nitrogens with one attached hydrogen (secondary N) is 1. The number of hydrogen-bond donors (Lipinski definition) is 3. The normalized spacial score (nSPS) is 12.5. The average Bonchev–Trinajstić information content (AvgIpc) is 2.14. The second-order valence-electron chi connectivity index (χ2n) is 2.83. The third-order valence-electron chi connectivity index (χ3n) is 1.63. The molecule has 1 aromatic rings. The van der Waals surface area contributed by atoms with Crippen molar-refractivity contribution in [3.8, 4) is 0 Å². The second-order valence-corrected chi connectivity index (χ2v) is 3.27. The predicted molar refractivity (Wildman–Crippen MR) is 55.0 cm³/mol. The predicted octanol–water partition coefficient (Wildman–Crippen LogP) is 1.07. The molecule has 0 bridgehead atoms. The molecule has 0 spiro atoms. The molecule has 13 heavy (non-hydrogen) atoms. The Labute approximate surface area is 82.5 Å². The summed E-state index contributed by atoms with van der Waals surface area (Å²) in [5.41, 5.74) is 6.43. The van der Waals surface area contributed by atoms with Gasteiger partial charge in [-0.25, -0.2) is 0 Å². The maximum absolute atomic E-state index is 8.68. The standard InChI is InChI=1S/C9H13ClN2O/c10-7-2-1-3-9(4-7)12-5-8(11)6-13/h1-4,8,12-13H,5-6,11H2. The Hall–Kier alpha value is -0.770. The van der Waals surface area contributed by atoms with Gasteiger partial charge in [-0.15, -0.1) is 0 Å². The van der Waals surface area contributed by atoms with Crippen molar-refractivity contribution in [3.05, 3.63) is 29.3 Å². The summed E-state index contributed by atoms with van der Waals surface area (Å²) < 4.78 is 0. The first-order valence-electron chi connectivity index (χ1n) is 4.08. The fourth-order valence-electron chi connectivity index (χ4n) is 0.912. The van der Waals surface area contributed by atoms with Gasteiger partial charge in [0.05, 0.1) is 6.61 Å². The number of hydrogen-bond acceptors (Lipinski definition) is 3. The lowest BCUT2D eigenvalue weighted by Crippen LogP contribution is -2.32. The van der Waals surface area contributed by atoms with E-state index >= 15 is 0 Å². The maximum Gasteiger partial charge on any atom is 0.0599 e. The van der Waals surface area contributed by atoms with E-state index in [1.54, 1.807) is 6.07 Å². The molecule has 0 radical (unpaired) electrons. The maximum atomic E-state index is 8.68. The zero-order valence-corrected chi connectivity index (χ0v) is 7.96. The van der Waals surface area contributed by atoms with Crippen molar-refractivity contribution in [2.75, 3.05) is 18.5 Å². The Morgan fingerprint density at radius 1 is 1.54 bits per heavy atom.